The number of aryl methyl sites for hydroxylation is 1. The molecule has 2 heterocycles. The van der Waals surface area contributed by atoms with E-state index < -0.39 is 0 Å². The molecule has 1 aliphatic heterocycles. The molecule has 0 fully saturated rings. The van der Waals surface area contributed by atoms with E-state index in [1.54, 1.807) is 12.3 Å². The zero-order chi connectivity index (χ0) is 15.8. The Kier molecular flexibility index (Phi) is 3.08. The number of allylic oxidation sites excluding steroid dienone is 1. The molecule has 2 aromatic carbocycles. The Morgan fingerprint density at radius 3 is 2.70 bits per heavy atom. The van der Waals surface area contributed by atoms with Crippen LogP contribution >= 0.6 is 0 Å². The lowest BCUT2D eigenvalue weighted by molar-refractivity contribution is 0.336. The summed E-state index contributed by atoms with van der Waals surface area (Å²) in [6, 6.07) is 15.5. The minimum Gasteiger partial charge on any atom is -0.479 e. The summed E-state index contributed by atoms with van der Waals surface area (Å²) >= 11 is 0. The fourth-order valence-electron chi connectivity index (χ4n) is 2.65. The first-order valence-corrected chi connectivity index (χ1v) is 7.33. The molecule has 0 unspecified atom stereocenters. The van der Waals surface area contributed by atoms with Crippen molar-refractivity contribution in [1.82, 2.24) is 4.98 Å². The van der Waals surface area contributed by atoms with Gasteiger partial charge in [0.15, 0.2) is 0 Å². The van der Waals surface area contributed by atoms with Gasteiger partial charge in [-0.2, -0.15) is 0 Å². The average Bonchev–Trinajstić information content (AvgIpc) is 3.14. The first-order chi connectivity index (χ1) is 11.2. The maximum atomic E-state index is 10.0. The fraction of sp³-hybridized carbons (Fsp3) is 0.0526. The number of benzene rings is 2. The second-order valence-corrected chi connectivity index (χ2v) is 5.40. The lowest BCUT2D eigenvalue weighted by Gasteiger charge is -2.01. The minimum absolute atomic E-state index is 0.189. The Morgan fingerprint density at radius 1 is 1.04 bits per heavy atom. The lowest BCUT2D eigenvalue weighted by atomic mass is 10.0. The lowest BCUT2D eigenvalue weighted by Crippen LogP contribution is -1.83. The van der Waals surface area contributed by atoms with E-state index in [0.717, 1.165) is 28.0 Å². The summed E-state index contributed by atoms with van der Waals surface area (Å²) in [5, 5.41) is 10.0. The van der Waals surface area contributed by atoms with Gasteiger partial charge in [0.05, 0.1) is 5.69 Å². The predicted octanol–water partition coefficient (Wildman–Crippen LogP) is 4.61. The largest absolute Gasteiger partial charge is 0.479 e. The van der Waals surface area contributed by atoms with Crippen LogP contribution in [0.2, 0.25) is 0 Å². The van der Waals surface area contributed by atoms with E-state index in [-0.39, 0.29) is 5.95 Å². The normalized spacial score (nSPS) is 14.4. The maximum absolute atomic E-state index is 10.0. The third-order valence-electron chi connectivity index (χ3n) is 3.83. The monoisotopic (exact) mass is 302 g/mol. The third kappa shape index (κ3) is 2.34. The molecule has 0 aliphatic carbocycles. The van der Waals surface area contributed by atoms with Crippen molar-refractivity contribution in [3.8, 4) is 17.4 Å². The van der Waals surface area contributed by atoms with E-state index in [4.69, 9.17) is 4.42 Å². The van der Waals surface area contributed by atoms with Crippen molar-refractivity contribution in [1.29, 1.82) is 0 Å². The van der Waals surface area contributed by atoms with Crippen molar-refractivity contribution in [3.63, 3.8) is 0 Å². The summed E-state index contributed by atoms with van der Waals surface area (Å²) < 4.78 is 5.38. The van der Waals surface area contributed by atoms with E-state index >= 15 is 0 Å². The van der Waals surface area contributed by atoms with E-state index in [9.17, 15) is 5.11 Å². The SMILES string of the molecule is Cc1cccc2c1N=C/C2=C\c1nc(-c2ccccc2)oc1O. The molecule has 0 saturated heterocycles. The zero-order valence-corrected chi connectivity index (χ0v) is 12.5. The van der Waals surface area contributed by atoms with E-state index in [2.05, 4.69) is 9.98 Å². The van der Waals surface area contributed by atoms with Crippen molar-refractivity contribution in [2.75, 3.05) is 0 Å². The first kappa shape index (κ1) is 13.5. The van der Waals surface area contributed by atoms with Gasteiger partial charge >= 0.3 is 5.95 Å². The molecule has 23 heavy (non-hydrogen) atoms. The molecule has 0 saturated carbocycles. The van der Waals surface area contributed by atoms with Crippen LogP contribution in [-0.2, 0) is 0 Å². The van der Waals surface area contributed by atoms with Crippen LogP contribution in [0.25, 0.3) is 23.1 Å². The minimum atomic E-state index is -0.189. The van der Waals surface area contributed by atoms with Gasteiger partial charge in [-0.05, 0) is 30.7 Å². The second-order valence-electron chi connectivity index (χ2n) is 5.40. The number of aromatic nitrogens is 1. The van der Waals surface area contributed by atoms with Gasteiger partial charge in [0, 0.05) is 22.9 Å². The molecule has 0 atom stereocenters. The molecule has 4 rings (SSSR count). The van der Waals surface area contributed by atoms with Gasteiger partial charge in [-0.3, -0.25) is 4.99 Å². The molecule has 1 N–H and O–H groups in total. The van der Waals surface area contributed by atoms with Crippen LogP contribution in [0.1, 0.15) is 16.8 Å². The smallest absolute Gasteiger partial charge is 0.310 e. The molecule has 4 heteroatoms. The van der Waals surface area contributed by atoms with E-state index in [1.165, 1.54) is 0 Å². The Morgan fingerprint density at radius 2 is 1.87 bits per heavy atom. The van der Waals surface area contributed by atoms with Gasteiger partial charge in [0.2, 0.25) is 5.89 Å². The Hall–Kier alpha value is -3.14. The number of oxazole rings is 1. The summed E-state index contributed by atoms with van der Waals surface area (Å²) in [4.78, 5) is 8.82. The molecule has 0 amide bonds. The van der Waals surface area contributed by atoms with Crippen molar-refractivity contribution >= 4 is 23.6 Å². The number of rotatable bonds is 2. The molecule has 0 spiro atoms. The van der Waals surface area contributed by atoms with Crippen LogP contribution in [0, 0.1) is 6.92 Å². The molecule has 1 aliphatic rings. The van der Waals surface area contributed by atoms with Gasteiger partial charge < -0.3 is 9.52 Å². The van der Waals surface area contributed by atoms with Crippen molar-refractivity contribution in [2.24, 2.45) is 4.99 Å². The number of hydrogen-bond acceptors (Lipinski definition) is 4. The molecule has 3 aromatic rings. The number of para-hydroxylation sites is 1. The summed E-state index contributed by atoms with van der Waals surface area (Å²) in [5.41, 5.74) is 5.26. The molecule has 1 aromatic heterocycles. The van der Waals surface area contributed by atoms with Crippen LogP contribution in [0.3, 0.4) is 0 Å². The molecule has 4 nitrogen and oxygen atoms in total. The highest BCUT2D eigenvalue weighted by Gasteiger charge is 2.17. The summed E-state index contributed by atoms with van der Waals surface area (Å²) in [7, 11) is 0. The van der Waals surface area contributed by atoms with Gasteiger partial charge in [-0.1, -0.05) is 36.4 Å². The molecular formula is C19H14N2O2. The molecule has 112 valence electrons. The topological polar surface area (TPSA) is 58.6 Å². The Labute approximate surface area is 133 Å². The fourth-order valence-corrected chi connectivity index (χ4v) is 2.65. The number of nitrogens with zero attached hydrogens (tertiary/aromatic N) is 2. The second kappa shape index (κ2) is 5.25. The number of hydrogen-bond donors (Lipinski definition) is 1. The van der Waals surface area contributed by atoms with Crippen molar-refractivity contribution in [3.05, 3.63) is 65.4 Å². The molecular weight excluding hydrogens is 288 g/mol. The molecule has 0 radical (unpaired) electrons. The van der Waals surface area contributed by atoms with E-state index in [0.29, 0.717) is 11.6 Å². The highest BCUT2D eigenvalue weighted by molar-refractivity contribution is 6.21. The van der Waals surface area contributed by atoms with Gasteiger partial charge in [0.25, 0.3) is 0 Å². The van der Waals surface area contributed by atoms with Crippen LogP contribution < -0.4 is 0 Å². The van der Waals surface area contributed by atoms with Crippen LogP contribution in [-0.4, -0.2) is 16.3 Å². The Bertz CT molecular complexity index is 937. The first-order valence-electron chi connectivity index (χ1n) is 7.33. The maximum Gasteiger partial charge on any atom is 0.310 e. The van der Waals surface area contributed by atoms with Crippen LogP contribution in [0.5, 0.6) is 5.95 Å². The van der Waals surface area contributed by atoms with Gasteiger partial charge in [0.1, 0.15) is 5.69 Å². The van der Waals surface area contributed by atoms with Crippen LogP contribution in [0.4, 0.5) is 5.69 Å². The number of aromatic hydroxyl groups is 1. The summed E-state index contributed by atoms with van der Waals surface area (Å²) in [5.74, 6) is 0.209. The average molecular weight is 302 g/mol. The Balaban J connectivity index is 1.76. The zero-order valence-electron chi connectivity index (χ0n) is 12.5. The standard InChI is InChI=1S/C19H14N2O2/c1-12-6-5-9-15-14(11-20-17(12)15)10-16-19(22)23-18(21-16)13-7-3-2-4-8-13/h2-11,22H,1H3/b14-10+. The number of aliphatic imine (C=N–C) groups is 1. The summed E-state index contributed by atoms with van der Waals surface area (Å²) in [6.07, 6.45) is 3.58. The van der Waals surface area contributed by atoms with Gasteiger partial charge in [-0.15, -0.1) is 0 Å². The van der Waals surface area contributed by atoms with Crippen molar-refractivity contribution < 1.29 is 9.52 Å². The highest BCUT2D eigenvalue weighted by Crippen LogP contribution is 2.36. The molecule has 0 bridgehead atoms. The third-order valence-corrected chi connectivity index (χ3v) is 3.83. The van der Waals surface area contributed by atoms with E-state index in [1.807, 2.05) is 55.5 Å². The summed E-state index contributed by atoms with van der Waals surface area (Å²) in [6.45, 7) is 2.03. The quantitative estimate of drug-likeness (QED) is 0.752. The predicted molar refractivity (Wildman–Crippen MR) is 90.8 cm³/mol. The van der Waals surface area contributed by atoms with Gasteiger partial charge in [-0.25, -0.2) is 4.98 Å². The highest BCUT2D eigenvalue weighted by atomic mass is 16.5. The van der Waals surface area contributed by atoms with Crippen LogP contribution in [0.15, 0.2) is 57.9 Å². The van der Waals surface area contributed by atoms with Crippen molar-refractivity contribution in [2.45, 2.75) is 6.92 Å². The number of fused-ring (bicyclic) bond motifs is 1.